The molecule has 1 aromatic carbocycles. The summed E-state index contributed by atoms with van der Waals surface area (Å²) in [4.78, 5) is 14.3. The Morgan fingerprint density at radius 3 is 2.92 bits per heavy atom. The minimum Gasteiger partial charge on any atom is -0.487 e. The van der Waals surface area contributed by atoms with Crippen LogP contribution in [0, 0.1) is 11.6 Å². The van der Waals surface area contributed by atoms with Crippen LogP contribution in [0.4, 0.5) is 14.5 Å². The van der Waals surface area contributed by atoms with E-state index in [1.807, 2.05) is 0 Å². The topological polar surface area (TPSA) is 51.9 Å². The zero-order valence-corrected chi connectivity index (χ0v) is 13.0. The summed E-state index contributed by atoms with van der Waals surface area (Å²) >= 11 is 0. The molecule has 0 radical (unpaired) electrons. The molecule has 7 heteroatoms. The maximum Gasteiger partial charge on any atom is 0.294 e. The standard InChI is InChI=1S/C17H15F2NO4/c1-9-6-20(14-4-12(18)13(19)5-15(14)24-9)17(21)16-11-2-3-22-7-10(11)8-23-16/h4-5,8-9H,2-3,6-7H2,1H3. The molecule has 0 fully saturated rings. The van der Waals surface area contributed by atoms with Crippen LogP contribution in [-0.4, -0.2) is 25.2 Å². The first-order chi connectivity index (χ1) is 11.5. The molecule has 0 spiro atoms. The second-order valence-corrected chi connectivity index (χ2v) is 5.95. The molecule has 0 saturated heterocycles. The summed E-state index contributed by atoms with van der Waals surface area (Å²) in [5, 5.41) is 0. The van der Waals surface area contributed by atoms with Crippen LogP contribution in [0.15, 0.2) is 22.8 Å². The summed E-state index contributed by atoms with van der Waals surface area (Å²) in [5.41, 5.74) is 1.86. The number of ether oxygens (including phenoxy) is 2. The molecule has 0 bridgehead atoms. The zero-order valence-electron chi connectivity index (χ0n) is 13.0. The summed E-state index contributed by atoms with van der Waals surface area (Å²) in [5.74, 6) is -2.06. The molecule has 3 heterocycles. The van der Waals surface area contributed by atoms with E-state index in [2.05, 4.69) is 0 Å². The quantitative estimate of drug-likeness (QED) is 0.804. The van der Waals surface area contributed by atoms with E-state index in [4.69, 9.17) is 13.9 Å². The van der Waals surface area contributed by atoms with Crippen LogP contribution in [0.3, 0.4) is 0 Å². The van der Waals surface area contributed by atoms with Gasteiger partial charge in [0.05, 0.1) is 31.7 Å². The van der Waals surface area contributed by atoms with E-state index in [9.17, 15) is 13.6 Å². The van der Waals surface area contributed by atoms with Crippen molar-refractivity contribution < 1.29 is 27.5 Å². The highest BCUT2D eigenvalue weighted by Crippen LogP contribution is 2.37. The lowest BCUT2D eigenvalue weighted by Crippen LogP contribution is -2.42. The molecular formula is C17H15F2NO4. The number of hydrogen-bond donors (Lipinski definition) is 0. The SMILES string of the molecule is CC1CN(C(=O)c2occ3c2CCOC3)c2cc(F)c(F)cc2O1. The summed E-state index contributed by atoms with van der Waals surface area (Å²) in [6.07, 6.45) is 1.75. The Morgan fingerprint density at radius 1 is 1.29 bits per heavy atom. The minimum atomic E-state index is -1.03. The van der Waals surface area contributed by atoms with Crippen LogP contribution in [0.5, 0.6) is 5.75 Å². The number of furan rings is 1. The number of halogens is 2. The zero-order chi connectivity index (χ0) is 16.8. The van der Waals surface area contributed by atoms with Gasteiger partial charge in [0, 0.05) is 29.7 Å². The predicted molar refractivity (Wildman–Crippen MR) is 80.2 cm³/mol. The second kappa shape index (κ2) is 5.59. The Bertz CT molecular complexity index is 817. The average Bonchev–Trinajstić information content (AvgIpc) is 2.99. The highest BCUT2D eigenvalue weighted by atomic mass is 19.2. The number of carbonyl (C=O) groups excluding carboxylic acids is 1. The number of amides is 1. The Hall–Kier alpha value is -2.41. The van der Waals surface area contributed by atoms with Gasteiger partial charge >= 0.3 is 0 Å². The number of fused-ring (bicyclic) bond motifs is 2. The monoisotopic (exact) mass is 335 g/mol. The summed E-state index contributed by atoms with van der Waals surface area (Å²) in [6, 6.07) is 1.94. The van der Waals surface area contributed by atoms with Gasteiger partial charge in [0.2, 0.25) is 0 Å². The number of nitrogens with zero attached hydrogens (tertiary/aromatic N) is 1. The van der Waals surface area contributed by atoms with Crippen molar-refractivity contribution in [2.75, 3.05) is 18.1 Å². The van der Waals surface area contributed by atoms with Crippen molar-refractivity contribution in [1.29, 1.82) is 0 Å². The van der Waals surface area contributed by atoms with Gasteiger partial charge < -0.3 is 13.9 Å². The van der Waals surface area contributed by atoms with Crippen molar-refractivity contribution in [2.45, 2.75) is 26.1 Å². The highest BCUT2D eigenvalue weighted by molar-refractivity contribution is 6.06. The molecule has 126 valence electrons. The van der Waals surface area contributed by atoms with Gasteiger partial charge in [-0.05, 0) is 6.92 Å². The van der Waals surface area contributed by atoms with Crippen LogP contribution in [0.1, 0.15) is 28.6 Å². The number of anilines is 1. The predicted octanol–water partition coefficient (Wildman–Crippen LogP) is 3.06. The third kappa shape index (κ3) is 2.36. The van der Waals surface area contributed by atoms with E-state index < -0.39 is 11.6 Å². The third-order valence-electron chi connectivity index (χ3n) is 4.23. The van der Waals surface area contributed by atoms with Crippen molar-refractivity contribution in [3.8, 4) is 5.75 Å². The van der Waals surface area contributed by atoms with Crippen LogP contribution in [-0.2, 0) is 17.8 Å². The molecule has 24 heavy (non-hydrogen) atoms. The van der Waals surface area contributed by atoms with Crippen LogP contribution in [0.25, 0.3) is 0 Å². The fourth-order valence-electron chi connectivity index (χ4n) is 3.10. The maximum atomic E-state index is 13.6. The third-order valence-corrected chi connectivity index (χ3v) is 4.23. The smallest absolute Gasteiger partial charge is 0.294 e. The maximum absolute atomic E-state index is 13.6. The van der Waals surface area contributed by atoms with Gasteiger partial charge in [-0.3, -0.25) is 9.69 Å². The Balaban J connectivity index is 1.76. The van der Waals surface area contributed by atoms with Gasteiger partial charge in [-0.1, -0.05) is 0 Å². The molecule has 1 unspecified atom stereocenters. The molecule has 0 aliphatic carbocycles. The Labute approximate surface area is 136 Å². The minimum absolute atomic E-state index is 0.143. The fraction of sp³-hybridized carbons (Fsp3) is 0.353. The summed E-state index contributed by atoms with van der Waals surface area (Å²) in [7, 11) is 0. The molecule has 0 saturated carbocycles. The van der Waals surface area contributed by atoms with E-state index >= 15 is 0 Å². The van der Waals surface area contributed by atoms with Gasteiger partial charge in [0.15, 0.2) is 17.4 Å². The lowest BCUT2D eigenvalue weighted by Gasteiger charge is -2.33. The van der Waals surface area contributed by atoms with E-state index in [-0.39, 0.29) is 35.8 Å². The van der Waals surface area contributed by atoms with Gasteiger partial charge in [0.1, 0.15) is 11.9 Å². The Kier molecular flexibility index (Phi) is 3.53. The van der Waals surface area contributed by atoms with Gasteiger partial charge in [-0.15, -0.1) is 0 Å². The van der Waals surface area contributed by atoms with Crippen molar-refractivity contribution in [2.24, 2.45) is 0 Å². The molecule has 1 aromatic heterocycles. The molecule has 4 rings (SSSR count). The molecular weight excluding hydrogens is 320 g/mol. The number of hydrogen-bond acceptors (Lipinski definition) is 4. The van der Waals surface area contributed by atoms with Gasteiger partial charge in [-0.25, -0.2) is 8.78 Å². The van der Waals surface area contributed by atoms with Crippen LogP contribution >= 0.6 is 0 Å². The molecule has 0 N–H and O–H groups in total. The summed E-state index contributed by atoms with van der Waals surface area (Å²) < 4.78 is 43.4. The average molecular weight is 335 g/mol. The lowest BCUT2D eigenvalue weighted by molar-refractivity contribution is 0.0928. The first kappa shape index (κ1) is 15.1. The first-order valence-electron chi connectivity index (χ1n) is 7.69. The molecule has 2 aliphatic rings. The first-order valence-corrected chi connectivity index (χ1v) is 7.69. The summed E-state index contributed by atoms with van der Waals surface area (Å²) in [6.45, 7) is 2.91. The largest absolute Gasteiger partial charge is 0.487 e. The van der Waals surface area contributed by atoms with Gasteiger partial charge in [-0.2, -0.15) is 0 Å². The molecule has 1 atom stereocenters. The molecule has 1 amide bonds. The van der Waals surface area contributed by atoms with Crippen LogP contribution in [0.2, 0.25) is 0 Å². The number of benzene rings is 1. The van der Waals surface area contributed by atoms with E-state index in [1.165, 1.54) is 11.2 Å². The van der Waals surface area contributed by atoms with Crippen molar-refractivity contribution in [1.82, 2.24) is 0 Å². The normalized spacial score (nSPS) is 19.5. The Morgan fingerprint density at radius 2 is 2.08 bits per heavy atom. The van der Waals surface area contributed by atoms with Crippen molar-refractivity contribution in [3.63, 3.8) is 0 Å². The number of carbonyl (C=O) groups is 1. The number of rotatable bonds is 1. The molecule has 2 aromatic rings. The lowest BCUT2D eigenvalue weighted by atomic mass is 10.0. The van der Waals surface area contributed by atoms with Crippen molar-refractivity contribution >= 4 is 11.6 Å². The molecule has 2 aliphatic heterocycles. The molecule has 5 nitrogen and oxygen atoms in total. The van der Waals surface area contributed by atoms with E-state index in [0.717, 1.165) is 23.3 Å². The fourth-order valence-corrected chi connectivity index (χ4v) is 3.10. The van der Waals surface area contributed by atoms with E-state index in [0.29, 0.717) is 19.6 Å². The van der Waals surface area contributed by atoms with Crippen molar-refractivity contribution in [3.05, 3.63) is 46.9 Å². The van der Waals surface area contributed by atoms with Gasteiger partial charge in [0.25, 0.3) is 5.91 Å². The second-order valence-electron chi connectivity index (χ2n) is 5.95. The highest BCUT2D eigenvalue weighted by Gasteiger charge is 2.33. The van der Waals surface area contributed by atoms with E-state index in [1.54, 1.807) is 6.92 Å². The van der Waals surface area contributed by atoms with Crippen LogP contribution < -0.4 is 9.64 Å².